The molecule has 5 rings (SSSR count). The van der Waals surface area contributed by atoms with E-state index >= 15 is 0 Å². The molecule has 2 heterocycles. The van der Waals surface area contributed by atoms with Crippen LogP contribution in [-0.4, -0.2) is 35.2 Å². The third-order valence-electron chi connectivity index (χ3n) is 5.66. The summed E-state index contributed by atoms with van der Waals surface area (Å²) in [6.45, 7) is 1.44. The van der Waals surface area contributed by atoms with Crippen LogP contribution in [0, 0.1) is 11.6 Å². The van der Waals surface area contributed by atoms with Crippen LogP contribution in [0.3, 0.4) is 0 Å². The molecule has 0 unspecified atom stereocenters. The fraction of sp³-hybridized carbons (Fsp3) is 0.368. The Kier molecular flexibility index (Phi) is 3.11. The Morgan fingerprint density at radius 1 is 1.08 bits per heavy atom. The summed E-state index contributed by atoms with van der Waals surface area (Å²) in [4.78, 5) is 9.04. The molecule has 0 spiro atoms. The third kappa shape index (κ3) is 2.03. The highest BCUT2D eigenvalue weighted by atomic mass is 19.1. The van der Waals surface area contributed by atoms with Crippen LogP contribution in [0.1, 0.15) is 36.4 Å². The van der Waals surface area contributed by atoms with E-state index in [2.05, 4.69) is 20.2 Å². The molecule has 25 heavy (non-hydrogen) atoms. The van der Waals surface area contributed by atoms with Gasteiger partial charge in [-0.3, -0.25) is 9.98 Å². The van der Waals surface area contributed by atoms with Crippen LogP contribution in [0.4, 0.5) is 8.78 Å². The summed E-state index contributed by atoms with van der Waals surface area (Å²) in [6, 6.07) is 5.66. The lowest BCUT2D eigenvalue weighted by molar-refractivity contribution is 0.579. The minimum atomic E-state index is -0.615. The minimum absolute atomic E-state index is 0.105. The molecule has 2 aromatic rings. The second-order valence-corrected chi connectivity index (χ2v) is 6.95. The van der Waals surface area contributed by atoms with Crippen LogP contribution in [0.5, 0.6) is 0 Å². The van der Waals surface area contributed by atoms with Crippen molar-refractivity contribution in [3.05, 3.63) is 47.2 Å². The van der Waals surface area contributed by atoms with Crippen LogP contribution < -0.4 is 0 Å². The molecule has 0 radical (unpaired) electrons. The number of hydrogen-bond acceptors (Lipinski definition) is 4. The van der Waals surface area contributed by atoms with Crippen LogP contribution in [-0.2, 0) is 5.41 Å². The Bertz CT molecular complexity index is 917. The molecule has 6 heteroatoms. The third-order valence-corrected chi connectivity index (χ3v) is 5.66. The molecule has 0 N–H and O–H groups in total. The average molecular weight is 338 g/mol. The van der Waals surface area contributed by atoms with Gasteiger partial charge < -0.3 is 0 Å². The lowest BCUT2D eigenvalue weighted by Gasteiger charge is -2.28. The van der Waals surface area contributed by atoms with Gasteiger partial charge in [0.25, 0.3) is 0 Å². The molecular formula is C19H16F2N4. The van der Waals surface area contributed by atoms with Gasteiger partial charge in [-0.15, -0.1) is 5.10 Å². The van der Waals surface area contributed by atoms with Gasteiger partial charge in [0, 0.05) is 6.21 Å². The molecule has 1 saturated carbocycles. The van der Waals surface area contributed by atoms with E-state index in [-0.39, 0.29) is 16.7 Å². The second kappa shape index (κ2) is 5.25. The number of benzene rings is 1. The van der Waals surface area contributed by atoms with Gasteiger partial charge >= 0.3 is 0 Å². The van der Waals surface area contributed by atoms with Gasteiger partial charge in [-0.1, -0.05) is 6.07 Å². The number of fused-ring (bicyclic) bond motifs is 5. The second-order valence-electron chi connectivity index (χ2n) is 6.95. The smallest absolute Gasteiger partial charge is 0.135 e. The number of hydrogen-bond donors (Lipinski definition) is 0. The summed E-state index contributed by atoms with van der Waals surface area (Å²) in [5, 5.41) is 8.59. The molecule has 2 aliphatic carbocycles. The molecular weight excluding hydrogens is 322 g/mol. The van der Waals surface area contributed by atoms with Gasteiger partial charge in [-0.2, -0.15) is 5.10 Å². The Balaban J connectivity index is 1.64. The van der Waals surface area contributed by atoms with Crippen molar-refractivity contribution in [1.29, 1.82) is 0 Å². The standard InChI is InChI=1S/C19H16F2N4/c20-13-2-1-3-14(21)17(13)15-8-12-11-4-5-19(9-11,18(12)25-24-15)16-10-22-6-7-23-16/h1-3,8,10-11H,4-7,9H2/t11-,19+/m1/s1. The Morgan fingerprint density at radius 2 is 1.92 bits per heavy atom. The zero-order valence-corrected chi connectivity index (χ0v) is 13.5. The van der Waals surface area contributed by atoms with E-state index in [1.807, 2.05) is 12.3 Å². The SMILES string of the molecule is Fc1cccc(F)c1-c1cc2c(nn1)[C@@]1(C3=NCCN=C3)CC[C@@H]2C1. The highest BCUT2D eigenvalue weighted by Gasteiger charge is 2.53. The van der Waals surface area contributed by atoms with Crippen molar-refractivity contribution in [3.63, 3.8) is 0 Å². The van der Waals surface area contributed by atoms with Crippen LogP contribution in [0.2, 0.25) is 0 Å². The highest BCUT2D eigenvalue weighted by molar-refractivity contribution is 6.35. The molecule has 1 aliphatic heterocycles. The van der Waals surface area contributed by atoms with E-state index in [1.54, 1.807) is 0 Å². The van der Waals surface area contributed by atoms with Crippen molar-refractivity contribution in [3.8, 4) is 11.3 Å². The van der Waals surface area contributed by atoms with Crippen molar-refractivity contribution < 1.29 is 8.78 Å². The largest absolute Gasteiger partial charge is 0.289 e. The zero-order chi connectivity index (χ0) is 17.0. The first-order valence-electron chi connectivity index (χ1n) is 8.56. The molecule has 0 amide bonds. The fourth-order valence-electron chi connectivity index (χ4n) is 4.53. The Hall–Kier alpha value is -2.50. The Labute approximate surface area is 143 Å². The number of nitrogens with zero attached hydrogens (tertiary/aromatic N) is 4. The predicted octanol–water partition coefficient (Wildman–Crippen LogP) is 3.47. The lowest BCUT2D eigenvalue weighted by atomic mass is 9.78. The van der Waals surface area contributed by atoms with Gasteiger partial charge in [0.05, 0.1) is 41.2 Å². The normalized spacial score (nSPS) is 26.6. The first-order chi connectivity index (χ1) is 12.2. The van der Waals surface area contributed by atoms with Gasteiger partial charge in [0.2, 0.25) is 0 Å². The van der Waals surface area contributed by atoms with Gasteiger partial charge in [0.1, 0.15) is 11.6 Å². The van der Waals surface area contributed by atoms with Crippen LogP contribution >= 0.6 is 0 Å². The molecule has 0 saturated heterocycles. The quantitative estimate of drug-likeness (QED) is 0.842. The molecule has 2 atom stereocenters. The minimum Gasteiger partial charge on any atom is -0.289 e. The van der Waals surface area contributed by atoms with E-state index in [4.69, 9.17) is 0 Å². The zero-order valence-electron chi connectivity index (χ0n) is 13.5. The summed E-state index contributed by atoms with van der Waals surface area (Å²) in [5.74, 6) is -0.885. The topological polar surface area (TPSA) is 50.5 Å². The molecule has 4 nitrogen and oxygen atoms in total. The van der Waals surface area contributed by atoms with Gasteiger partial charge in [-0.05, 0) is 48.9 Å². The van der Waals surface area contributed by atoms with Crippen molar-refractivity contribution in [2.45, 2.75) is 30.6 Å². The number of aromatic nitrogens is 2. The molecule has 3 aliphatic rings. The number of rotatable bonds is 2. The maximum Gasteiger partial charge on any atom is 0.135 e. The summed E-state index contributed by atoms with van der Waals surface area (Å²) in [6.07, 6.45) is 4.82. The molecule has 2 bridgehead atoms. The Morgan fingerprint density at radius 3 is 2.68 bits per heavy atom. The van der Waals surface area contributed by atoms with Crippen molar-refractivity contribution in [1.82, 2.24) is 10.2 Å². The maximum atomic E-state index is 14.1. The maximum absolute atomic E-state index is 14.1. The van der Waals surface area contributed by atoms with Crippen LogP contribution in [0.15, 0.2) is 34.3 Å². The van der Waals surface area contributed by atoms with Crippen molar-refractivity contribution >= 4 is 11.9 Å². The monoisotopic (exact) mass is 338 g/mol. The summed E-state index contributed by atoms with van der Waals surface area (Å²) >= 11 is 0. The summed E-state index contributed by atoms with van der Waals surface area (Å²) in [7, 11) is 0. The highest BCUT2D eigenvalue weighted by Crippen LogP contribution is 2.57. The number of aliphatic imine (C=N–C) groups is 2. The molecule has 1 aromatic carbocycles. The van der Waals surface area contributed by atoms with E-state index in [9.17, 15) is 8.78 Å². The van der Waals surface area contributed by atoms with Gasteiger partial charge in [0.15, 0.2) is 0 Å². The first kappa shape index (κ1) is 14.8. The lowest BCUT2D eigenvalue weighted by Crippen LogP contribution is -2.36. The average Bonchev–Trinajstić information content (AvgIpc) is 3.21. The molecule has 126 valence electrons. The fourth-order valence-corrected chi connectivity index (χ4v) is 4.53. The molecule has 1 aromatic heterocycles. The van der Waals surface area contributed by atoms with E-state index in [0.29, 0.717) is 12.5 Å². The first-order valence-corrected chi connectivity index (χ1v) is 8.56. The summed E-state index contributed by atoms with van der Waals surface area (Å²) in [5.41, 5.74) is 2.89. The summed E-state index contributed by atoms with van der Waals surface area (Å²) < 4.78 is 28.2. The van der Waals surface area contributed by atoms with E-state index < -0.39 is 11.6 Å². The molecule has 1 fully saturated rings. The van der Waals surface area contributed by atoms with Crippen molar-refractivity contribution in [2.24, 2.45) is 9.98 Å². The van der Waals surface area contributed by atoms with E-state index in [0.717, 1.165) is 42.8 Å². The number of halogens is 2. The predicted molar refractivity (Wildman–Crippen MR) is 91.3 cm³/mol. The van der Waals surface area contributed by atoms with Gasteiger partial charge in [-0.25, -0.2) is 8.78 Å². The van der Waals surface area contributed by atoms with Crippen LogP contribution in [0.25, 0.3) is 11.3 Å². The van der Waals surface area contributed by atoms with E-state index in [1.165, 1.54) is 18.2 Å². The van der Waals surface area contributed by atoms with Crippen molar-refractivity contribution in [2.75, 3.05) is 13.1 Å².